The van der Waals surface area contributed by atoms with E-state index in [2.05, 4.69) is 25.8 Å². The molecule has 3 N–H and O–H groups in total. The van der Waals surface area contributed by atoms with Gasteiger partial charge in [-0.2, -0.15) is 10.1 Å². The molecular formula is C12H11FN6O3. The molecule has 0 aliphatic heterocycles. The number of benzene rings is 1. The Bertz CT molecular complexity index is 737. The summed E-state index contributed by atoms with van der Waals surface area (Å²) in [6.45, 7) is 0. The molecule has 0 atom stereocenters. The van der Waals surface area contributed by atoms with Crippen molar-refractivity contribution in [2.75, 3.05) is 17.8 Å². The minimum absolute atomic E-state index is 0.00843. The van der Waals surface area contributed by atoms with Crippen molar-refractivity contribution in [2.45, 2.75) is 0 Å². The summed E-state index contributed by atoms with van der Waals surface area (Å²) in [4.78, 5) is 17.5. The van der Waals surface area contributed by atoms with Gasteiger partial charge in [-0.15, -0.1) is 0 Å². The van der Waals surface area contributed by atoms with Gasteiger partial charge in [-0.25, -0.2) is 14.8 Å². The number of aromatic hydroxyl groups is 1. The van der Waals surface area contributed by atoms with Gasteiger partial charge < -0.3 is 10.4 Å². The SMILES string of the molecule is CNc1nc(N/N=C\c2cc([N+](=O)[O-])ccc2O)ncc1F. The third-order valence-corrected chi connectivity index (χ3v) is 2.57. The van der Waals surface area contributed by atoms with Crippen LogP contribution >= 0.6 is 0 Å². The Balaban J connectivity index is 2.16. The molecule has 114 valence electrons. The molecule has 0 spiro atoms. The molecule has 0 unspecified atom stereocenters. The number of nitro groups is 1. The van der Waals surface area contributed by atoms with Crippen molar-refractivity contribution < 1.29 is 14.4 Å². The van der Waals surface area contributed by atoms with Crippen molar-refractivity contribution in [3.05, 3.63) is 45.9 Å². The Kier molecular flexibility index (Phi) is 4.41. The Hall–Kier alpha value is -3.30. The number of hydrazone groups is 1. The first kappa shape index (κ1) is 15.1. The molecule has 0 saturated carbocycles. The second kappa shape index (κ2) is 6.43. The maximum Gasteiger partial charge on any atom is 0.270 e. The van der Waals surface area contributed by atoms with E-state index in [4.69, 9.17) is 0 Å². The van der Waals surface area contributed by atoms with Crippen LogP contribution in [0.4, 0.5) is 21.8 Å². The quantitative estimate of drug-likeness (QED) is 0.436. The lowest BCUT2D eigenvalue weighted by atomic mass is 10.2. The number of hydrogen-bond donors (Lipinski definition) is 3. The van der Waals surface area contributed by atoms with Gasteiger partial charge >= 0.3 is 0 Å². The van der Waals surface area contributed by atoms with E-state index in [1.165, 1.54) is 19.2 Å². The second-order valence-corrected chi connectivity index (χ2v) is 4.01. The van der Waals surface area contributed by atoms with Crippen molar-refractivity contribution in [1.29, 1.82) is 0 Å². The fraction of sp³-hybridized carbons (Fsp3) is 0.0833. The van der Waals surface area contributed by atoms with E-state index < -0.39 is 10.7 Å². The summed E-state index contributed by atoms with van der Waals surface area (Å²) in [6.07, 6.45) is 2.12. The van der Waals surface area contributed by atoms with Gasteiger partial charge in [0.15, 0.2) is 11.6 Å². The summed E-state index contributed by atoms with van der Waals surface area (Å²) in [6, 6.07) is 3.51. The molecule has 0 fully saturated rings. The van der Waals surface area contributed by atoms with Crippen molar-refractivity contribution in [2.24, 2.45) is 5.10 Å². The van der Waals surface area contributed by atoms with Crippen molar-refractivity contribution in [3.63, 3.8) is 0 Å². The summed E-state index contributed by atoms with van der Waals surface area (Å²) >= 11 is 0. The monoisotopic (exact) mass is 306 g/mol. The lowest BCUT2D eigenvalue weighted by Crippen LogP contribution is -2.02. The first-order valence-electron chi connectivity index (χ1n) is 5.98. The van der Waals surface area contributed by atoms with Crippen LogP contribution in [-0.4, -0.2) is 33.3 Å². The fourth-order valence-corrected chi connectivity index (χ4v) is 1.51. The molecule has 10 heteroatoms. The highest BCUT2D eigenvalue weighted by molar-refractivity contribution is 5.84. The number of phenolic OH excluding ortho intramolecular Hbond substituents is 1. The van der Waals surface area contributed by atoms with Crippen LogP contribution in [0.3, 0.4) is 0 Å². The van der Waals surface area contributed by atoms with Crippen LogP contribution in [0.15, 0.2) is 29.5 Å². The zero-order valence-electron chi connectivity index (χ0n) is 11.3. The maximum atomic E-state index is 13.2. The zero-order valence-corrected chi connectivity index (χ0v) is 11.3. The maximum absolute atomic E-state index is 13.2. The first-order chi connectivity index (χ1) is 10.5. The number of halogens is 1. The van der Waals surface area contributed by atoms with Crippen molar-refractivity contribution >= 4 is 23.7 Å². The van der Waals surface area contributed by atoms with Gasteiger partial charge in [-0.3, -0.25) is 10.1 Å². The lowest BCUT2D eigenvalue weighted by Gasteiger charge is -2.03. The lowest BCUT2D eigenvalue weighted by molar-refractivity contribution is -0.384. The minimum Gasteiger partial charge on any atom is -0.507 e. The van der Waals surface area contributed by atoms with Gasteiger partial charge in [0.25, 0.3) is 5.69 Å². The minimum atomic E-state index is -0.617. The number of hydrogen-bond acceptors (Lipinski definition) is 8. The van der Waals surface area contributed by atoms with Crippen molar-refractivity contribution in [3.8, 4) is 5.75 Å². The summed E-state index contributed by atoms with van der Waals surface area (Å²) in [5.41, 5.74) is 2.38. The van der Waals surface area contributed by atoms with Crippen molar-refractivity contribution in [1.82, 2.24) is 9.97 Å². The van der Waals surface area contributed by atoms with E-state index in [9.17, 15) is 19.6 Å². The van der Waals surface area contributed by atoms with Crippen LogP contribution in [0.1, 0.15) is 5.56 Å². The van der Waals surface area contributed by atoms with Crippen LogP contribution < -0.4 is 10.7 Å². The molecule has 22 heavy (non-hydrogen) atoms. The molecule has 0 bridgehead atoms. The topological polar surface area (TPSA) is 126 Å². The summed E-state index contributed by atoms with van der Waals surface area (Å²) in [7, 11) is 1.50. The third-order valence-electron chi connectivity index (χ3n) is 2.57. The Labute approximate surface area is 123 Å². The average molecular weight is 306 g/mol. The van der Waals surface area contributed by atoms with Gasteiger partial charge in [0.05, 0.1) is 17.3 Å². The molecule has 2 rings (SSSR count). The second-order valence-electron chi connectivity index (χ2n) is 4.01. The van der Waals surface area contributed by atoms with Gasteiger partial charge in [0, 0.05) is 24.7 Å². The molecule has 0 aliphatic carbocycles. The third kappa shape index (κ3) is 3.42. The first-order valence-corrected chi connectivity index (χ1v) is 5.98. The van der Waals surface area contributed by atoms with E-state index in [1.807, 2.05) is 0 Å². The van der Waals surface area contributed by atoms with Crippen LogP contribution in [-0.2, 0) is 0 Å². The molecule has 1 heterocycles. The highest BCUT2D eigenvalue weighted by Crippen LogP contribution is 2.21. The molecule has 1 aromatic heterocycles. The molecule has 0 radical (unpaired) electrons. The average Bonchev–Trinajstić information content (AvgIpc) is 2.50. The Morgan fingerprint density at radius 2 is 2.27 bits per heavy atom. The van der Waals surface area contributed by atoms with Gasteiger partial charge in [0.2, 0.25) is 5.95 Å². The highest BCUT2D eigenvalue weighted by atomic mass is 19.1. The number of nitro benzene ring substituents is 1. The number of non-ortho nitro benzene ring substituents is 1. The molecular weight excluding hydrogens is 295 g/mol. The van der Waals surface area contributed by atoms with Crippen LogP contribution in [0, 0.1) is 15.9 Å². The smallest absolute Gasteiger partial charge is 0.270 e. The molecule has 0 amide bonds. The largest absolute Gasteiger partial charge is 0.507 e. The Morgan fingerprint density at radius 1 is 1.50 bits per heavy atom. The molecule has 2 aromatic rings. The molecule has 1 aromatic carbocycles. The standard InChI is InChI=1S/C12H11FN6O3/c1-14-11-9(13)6-15-12(17-11)18-16-5-7-4-8(19(21)22)2-3-10(7)20/h2-6,20H,1H3,(H2,14,15,17,18)/b16-5-. The number of nitrogens with zero attached hydrogens (tertiary/aromatic N) is 4. The summed E-state index contributed by atoms with van der Waals surface area (Å²) in [5, 5.41) is 26.5. The number of nitrogens with one attached hydrogen (secondary N) is 2. The Morgan fingerprint density at radius 3 is 2.95 bits per heavy atom. The number of anilines is 2. The zero-order chi connectivity index (χ0) is 16.1. The number of aromatic nitrogens is 2. The van der Waals surface area contributed by atoms with E-state index in [0.717, 1.165) is 18.5 Å². The molecule has 0 saturated heterocycles. The normalized spacial score (nSPS) is 10.6. The summed E-state index contributed by atoms with van der Waals surface area (Å²) in [5.74, 6) is -0.779. The predicted molar refractivity (Wildman–Crippen MR) is 77.5 cm³/mol. The summed E-state index contributed by atoms with van der Waals surface area (Å²) < 4.78 is 13.2. The van der Waals surface area contributed by atoms with E-state index in [1.54, 1.807) is 0 Å². The van der Waals surface area contributed by atoms with E-state index >= 15 is 0 Å². The molecule has 0 aliphatic rings. The van der Waals surface area contributed by atoms with E-state index in [0.29, 0.717) is 0 Å². The molecule has 9 nitrogen and oxygen atoms in total. The van der Waals surface area contributed by atoms with Crippen LogP contribution in [0.25, 0.3) is 0 Å². The van der Waals surface area contributed by atoms with Crippen LogP contribution in [0.2, 0.25) is 0 Å². The van der Waals surface area contributed by atoms with Crippen LogP contribution in [0.5, 0.6) is 5.75 Å². The van der Waals surface area contributed by atoms with Gasteiger partial charge in [-0.1, -0.05) is 0 Å². The number of phenols is 1. The van der Waals surface area contributed by atoms with E-state index in [-0.39, 0.29) is 28.8 Å². The van der Waals surface area contributed by atoms with Gasteiger partial charge in [-0.05, 0) is 6.07 Å². The predicted octanol–water partition coefficient (Wildman–Crippen LogP) is 1.72. The number of rotatable bonds is 5. The fourth-order valence-electron chi connectivity index (χ4n) is 1.51. The highest BCUT2D eigenvalue weighted by Gasteiger charge is 2.09. The van der Waals surface area contributed by atoms with Gasteiger partial charge in [0.1, 0.15) is 5.75 Å².